The molecule has 23 heavy (non-hydrogen) atoms. The Kier molecular flexibility index (Phi) is 5.88. The fraction of sp³-hybridized carbons (Fsp3) is 0.529. The van der Waals surface area contributed by atoms with Crippen molar-refractivity contribution in [3.63, 3.8) is 0 Å². The lowest BCUT2D eigenvalue weighted by Gasteiger charge is -2.32. The maximum absolute atomic E-state index is 12.8. The van der Waals surface area contributed by atoms with Gasteiger partial charge in [-0.2, -0.15) is 0 Å². The number of benzene rings is 1. The van der Waals surface area contributed by atoms with Gasteiger partial charge < -0.3 is 16.0 Å². The molecule has 2 amide bonds. The number of carbonyl (C=O) groups excluding carboxylic acids is 2. The molecule has 0 bridgehead atoms. The highest BCUT2D eigenvalue weighted by Crippen LogP contribution is 2.28. The van der Waals surface area contributed by atoms with Crippen LogP contribution in [0.3, 0.4) is 0 Å². The Balaban J connectivity index is 0.00000192. The zero-order valence-electron chi connectivity index (χ0n) is 13.2. The number of primary amides is 1. The van der Waals surface area contributed by atoms with Crippen LogP contribution in [0.1, 0.15) is 41.6 Å². The van der Waals surface area contributed by atoms with E-state index in [1.165, 1.54) is 0 Å². The van der Waals surface area contributed by atoms with Gasteiger partial charge in [-0.05, 0) is 49.3 Å². The van der Waals surface area contributed by atoms with E-state index in [4.69, 9.17) is 5.73 Å². The summed E-state index contributed by atoms with van der Waals surface area (Å²) in [4.78, 5) is 25.7. The van der Waals surface area contributed by atoms with Crippen LogP contribution in [-0.2, 0) is 11.2 Å². The number of nitrogens with zero attached hydrogens (tertiary/aromatic N) is 1. The number of likely N-dealkylation sites (tertiary alicyclic amines) is 1. The van der Waals surface area contributed by atoms with E-state index in [1.54, 1.807) is 0 Å². The summed E-state index contributed by atoms with van der Waals surface area (Å²) in [6.07, 6.45) is 4.19. The van der Waals surface area contributed by atoms with E-state index in [2.05, 4.69) is 5.32 Å². The second kappa shape index (κ2) is 7.68. The maximum Gasteiger partial charge on any atom is 0.254 e. The lowest BCUT2D eigenvalue weighted by Crippen LogP contribution is -2.39. The quantitative estimate of drug-likeness (QED) is 0.887. The van der Waals surface area contributed by atoms with Crippen molar-refractivity contribution in [2.45, 2.75) is 32.1 Å². The number of fused-ring (bicyclic) bond motifs is 1. The summed E-state index contributed by atoms with van der Waals surface area (Å²) in [5.74, 6) is 0.207. The Labute approximate surface area is 143 Å². The topological polar surface area (TPSA) is 75.4 Å². The molecule has 2 heterocycles. The zero-order valence-corrected chi connectivity index (χ0v) is 14.0. The van der Waals surface area contributed by atoms with Crippen LogP contribution in [0.5, 0.6) is 0 Å². The maximum atomic E-state index is 12.8. The fourth-order valence-corrected chi connectivity index (χ4v) is 3.51. The molecule has 126 valence electrons. The van der Waals surface area contributed by atoms with Gasteiger partial charge in [-0.3, -0.25) is 9.59 Å². The van der Waals surface area contributed by atoms with Crippen LogP contribution in [-0.4, -0.2) is 36.3 Å². The van der Waals surface area contributed by atoms with Crippen LogP contribution in [0.15, 0.2) is 18.2 Å². The van der Waals surface area contributed by atoms with Crippen molar-refractivity contribution in [2.75, 3.05) is 25.0 Å². The number of anilines is 1. The summed E-state index contributed by atoms with van der Waals surface area (Å²) in [5, 5.41) is 3.37. The average Bonchev–Trinajstić information content (AvgIpc) is 2.54. The number of carbonyl (C=O) groups is 2. The molecule has 2 aliphatic heterocycles. The summed E-state index contributed by atoms with van der Waals surface area (Å²) in [6.45, 7) is 2.41. The Morgan fingerprint density at radius 1 is 1.26 bits per heavy atom. The molecule has 2 aliphatic rings. The summed E-state index contributed by atoms with van der Waals surface area (Å²) >= 11 is 0. The smallest absolute Gasteiger partial charge is 0.254 e. The van der Waals surface area contributed by atoms with Crippen molar-refractivity contribution in [2.24, 2.45) is 11.7 Å². The first kappa shape index (κ1) is 17.6. The molecular weight excluding hydrogens is 314 g/mol. The van der Waals surface area contributed by atoms with E-state index < -0.39 is 0 Å². The molecule has 0 aliphatic carbocycles. The normalized spacial score (nSPS) is 17.7. The third kappa shape index (κ3) is 3.96. The molecular formula is C17H24ClN3O2. The van der Waals surface area contributed by atoms with Crippen LogP contribution >= 0.6 is 12.4 Å². The zero-order chi connectivity index (χ0) is 15.5. The van der Waals surface area contributed by atoms with Gasteiger partial charge in [-0.1, -0.05) is 6.07 Å². The summed E-state index contributed by atoms with van der Waals surface area (Å²) in [7, 11) is 0. The van der Waals surface area contributed by atoms with E-state index >= 15 is 0 Å². The van der Waals surface area contributed by atoms with Gasteiger partial charge in [0, 0.05) is 37.3 Å². The first-order valence-corrected chi connectivity index (χ1v) is 8.08. The van der Waals surface area contributed by atoms with Crippen LogP contribution < -0.4 is 11.1 Å². The number of nitrogens with one attached hydrogen (secondary N) is 1. The Hall–Kier alpha value is -1.75. The summed E-state index contributed by atoms with van der Waals surface area (Å²) in [5.41, 5.74) is 8.34. The van der Waals surface area contributed by atoms with Gasteiger partial charge in [0.25, 0.3) is 5.91 Å². The molecule has 0 unspecified atom stereocenters. The van der Waals surface area contributed by atoms with Gasteiger partial charge in [-0.25, -0.2) is 0 Å². The summed E-state index contributed by atoms with van der Waals surface area (Å²) in [6, 6.07) is 5.93. The first-order chi connectivity index (χ1) is 10.6. The number of nitrogens with two attached hydrogens (primary N) is 1. The van der Waals surface area contributed by atoms with Crippen molar-refractivity contribution in [3.05, 3.63) is 29.3 Å². The molecule has 3 rings (SSSR count). The SMILES string of the molecule is Cl.NC(=O)CC1CCN(C(=O)c2cccc3c2CCCN3)CC1. The van der Waals surface area contributed by atoms with Crippen molar-refractivity contribution in [1.82, 2.24) is 4.90 Å². The lowest BCUT2D eigenvalue weighted by atomic mass is 9.92. The second-order valence-electron chi connectivity index (χ2n) is 6.27. The van der Waals surface area contributed by atoms with Crippen molar-refractivity contribution in [1.29, 1.82) is 0 Å². The van der Waals surface area contributed by atoms with Gasteiger partial charge in [0.15, 0.2) is 0 Å². The predicted molar refractivity (Wildman–Crippen MR) is 92.9 cm³/mol. The molecule has 0 atom stereocenters. The molecule has 1 aromatic carbocycles. The molecule has 5 nitrogen and oxygen atoms in total. The van der Waals surface area contributed by atoms with E-state index in [1.807, 2.05) is 23.1 Å². The van der Waals surface area contributed by atoms with Crippen molar-refractivity contribution in [3.8, 4) is 0 Å². The highest BCUT2D eigenvalue weighted by molar-refractivity contribution is 5.97. The predicted octanol–water partition coefficient (Wildman–Crippen LogP) is 2.19. The van der Waals surface area contributed by atoms with Crippen LogP contribution in [0.25, 0.3) is 0 Å². The average molecular weight is 338 g/mol. The van der Waals surface area contributed by atoms with Gasteiger partial charge in [0.1, 0.15) is 0 Å². The number of hydrogen-bond acceptors (Lipinski definition) is 3. The minimum absolute atomic E-state index is 0. The highest BCUT2D eigenvalue weighted by atomic mass is 35.5. The van der Waals surface area contributed by atoms with Gasteiger partial charge in [-0.15, -0.1) is 12.4 Å². The lowest BCUT2D eigenvalue weighted by molar-refractivity contribution is -0.119. The highest BCUT2D eigenvalue weighted by Gasteiger charge is 2.26. The number of rotatable bonds is 3. The molecule has 0 radical (unpaired) electrons. The molecule has 1 fully saturated rings. The van der Waals surface area contributed by atoms with E-state index in [-0.39, 0.29) is 24.2 Å². The van der Waals surface area contributed by atoms with Crippen LogP contribution in [0.2, 0.25) is 0 Å². The minimum atomic E-state index is -0.243. The van der Waals surface area contributed by atoms with E-state index in [0.717, 1.165) is 49.0 Å². The standard InChI is InChI=1S/C17H23N3O2.ClH/c18-16(21)11-12-6-9-20(10-7-12)17(22)14-3-1-5-15-13(14)4-2-8-19-15;/h1,3,5,12,19H,2,4,6-11H2,(H2,18,21);1H. The Bertz CT molecular complexity index is 583. The molecule has 1 saturated heterocycles. The van der Waals surface area contributed by atoms with Gasteiger partial charge >= 0.3 is 0 Å². The van der Waals surface area contributed by atoms with E-state index in [9.17, 15) is 9.59 Å². The number of amides is 2. The fourth-order valence-electron chi connectivity index (χ4n) is 3.51. The Morgan fingerprint density at radius 2 is 2.00 bits per heavy atom. The second-order valence-corrected chi connectivity index (χ2v) is 6.27. The Morgan fingerprint density at radius 3 is 2.70 bits per heavy atom. The molecule has 0 saturated carbocycles. The molecule has 0 aromatic heterocycles. The molecule has 3 N–H and O–H groups in total. The number of piperidine rings is 1. The minimum Gasteiger partial charge on any atom is -0.385 e. The van der Waals surface area contributed by atoms with Gasteiger partial charge in [0.2, 0.25) is 5.91 Å². The van der Waals surface area contributed by atoms with Gasteiger partial charge in [0.05, 0.1) is 0 Å². The largest absolute Gasteiger partial charge is 0.385 e. The van der Waals surface area contributed by atoms with Crippen LogP contribution in [0.4, 0.5) is 5.69 Å². The molecule has 0 spiro atoms. The van der Waals surface area contributed by atoms with Crippen molar-refractivity contribution < 1.29 is 9.59 Å². The third-order valence-corrected chi connectivity index (χ3v) is 4.72. The number of hydrogen-bond donors (Lipinski definition) is 2. The molecule has 1 aromatic rings. The first-order valence-electron chi connectivity index (χ1n) is 8.08. The molecule has 6 heteroatoms. The summed E-state index contributed by atoms with van der Waals surface area (Å²) < 4.78 is 0. The third-order valence-electron chi connectivity index (χ3n) is 4.72. The monoisotopic (exact) mass is 337 g/mol. The number of halogens is 1. The van der Waals surface area contributed by atoms with Crippen molar-refractivity contribution >= 4 is 29.9 Å². The van der Waals surface area contributed by atoms with Crippen LogP contribution in [0, 0.1) is 5.92 Å². The van der Waals surface area contributed by atoms with E-state index in [0.29, 0.717) is 25.4 Å².